The van der Waals surface area contributed by atoms with Crippen LogP contribution in [0, 0.1) is 0 Å². The number of thiophene rings is 1. The molecule has 0 radical (unpaired) electrons. The fraction of sp³-hybridized carbons (Fsp3) is 0.353. The Kier molecular flexibility index (Phi) is 6.87. The average Bonchev–Trinajstić information content (AvgIpc) is 2.92. The highest BCUT2D eigenvalue weighted by Gasteiger charge is 2.33. The Morgan fingerprint density at radius 3 is 2.60 bits per heavy atom. The fourth-order valence-corrected chi connectivity index (χ4v) is 3.41. The molecule has 0 aliphatic heterocycles. The van der Waals surface area contributed by atoms with Crippen molar-refractivity contribution in [3.8, 4) is 0 Å². The molecule has 8 heteroatoms. The first-order valence-corrected chi connectivity index (χ1v) is 8.89. The van der Waals surface area contributed by atoms with Crippen molar-refractivity contribution in [1.29, 1.82) is 0 Å². The van der Waals surface area contributed by atoms with Crippen LogP contribution in [0.3, 0.4) is 0 Å². The van der Waals surface area contributed by atoms with Gasteiger partial charge in [-0.15, -0.1) is 11.3 Å². The number of para-hydroxylation sites is 1. The van der Waals surface area contributed by atoms with E-state index in [1.54, 1.807) is 0 Å². The molecule has 136 valence electrons. The summed E-state index contributed by atoms with van der Waals surface area (Å²) in [4.78, 5) is 13.1. The minimum absolute atomic E-state index is 0.0807. The molecule has 1 aromatic carbocycles. The number of amides is 1. The molecule has 3 nitrogen and oxygen atoms in total. The van der Waals surface area contributed by atoms with Crippen LogP contribution in [-0.2, 0) is 17.4 Å². The number of halogens is 4. The van der Waals surface area contributed by atoms with Crippen LogP contribution in [0.25, 0.3) is 0 Å². The first-order chi connectivity index (χ1) is 11.8. The van der Waals surface area contributed by atoms with Gasteiger partial charge in [0.25, 0.3) is 0 Å². The van der Waals surface area contributed by atoms with E-state index in [1.165, 1.54) is 29.5 Å². The number of carbonyl (C=O) groups is 1. The highest BCUT2D eigenvalue weighted by atomic mass is 35.5. The van der Waals surface area contributed by atoms with E-state index in [0.717, 1.165) is 21.7 Å². The Hall–Kier alpha value is -1.57. The summed E-state index contributed by atoms with van der Waals surface area (Å²) in [6.07, 6.45) is -3.65. The lowest BCUT2D eigenvalue weighted by Crippen LogP contribution is -2.32. The zero-order valence-corrected chi connectivity index (χ0v) is 15.1. The number of hydrogen-bond donors (Lipinski definition) is 2. The molecule has 0 spiro atoms. The molecule has 25 heavy (non-hydrogen) atoms. The summed E-state index contributed by atoms with van der Waals surface area (Å²) in [5.41, 5.74) is -1.07. The Morgan fingerprint density at radius 1 is 1.24 bits per heavy atom. The van der Waals surface area contributed by atoms with Crippen LogP contribution >= 0.6 is 22.9 Å². The standard InChI is InChI=1S/C17H18ClF3N2OS/c1-11(22-9-8-12-6-7-15(18)25-12)10-16(24)23-14-5-3-2-4-13(14)17(19,20)21/h2-7,11,22H,8-10H2,1H3,(H,23,24). The Labute approximate surface area is 153 Å². The Balaban J connectivity index is 1.82. The molecule has 1 atom stereocenters. The molecule has 1 amide bonds. The lowest BCUT2D eigenvalue weighted by molar-refractivity contribution is -0.137. The van der Waals surface area contributed by atoms with Crippen molar-refractivity contribution in [3.05, 3.63) is 51.2 Å². The molecule has 2 N–H and O–H groups in total. The van der Waals surface area contributed by atoms with Crippen molar-refractivity contribution in [3.63, 3.8) is 0 Å². The second-order valence-electron chi connectivity index (χ2n) is 5.61. The zero-order valence-electron chi connectivity index (χ0n) is 13.5. The van der Waals surface area contributed by atoms with E-state index in [0.29, 0.717) is 6.54 Å². The van der Waals surface area contributed by atoms with Crippen molar-refractivity contribution >= 4 is 34.5 Å². The smallest absolute Gasteiger partial charge is 0.325 e. The lowest BCUT2D eigenvalue weighted by atomic mass is 10.1. The molecule has 0 bridgehead atoms. The summed E-state index contributed by atoms with van der Waals surface area (Å²) in [5.74, 6) is -0.462. The third-order valence-corrected chi connectivity index (χ3v) is 4.78. The van der Waals surface area contributed by atoms with Crippen molar-refractivity contribution in [2.75, 3.05) is 11.9 Å². The maximum absolute atomic E-state index is 12.9. The van der Waals surface area contributed by atoms with Gasteiger partial charge in [0, 0.05) is 23.9 Å². The SMILES string of the molecule is CC(CC(=O)Nc1ccccc1C(F)(F)F)NCCc1ccc(Cl)s1. The summed E-state index contributed by atoms with van der Waals surface area (Å²) in [5, 5.41) is 5.53. The van der Waals surface area contributed by atoms with Gasteiger partial charge in [0.1, 0.15) is 0 Å². The molecule has 0 aliphatic rings. The molecule has 0 saturated heterocycles. The molecule has 1 unspecified atom stereocenters. The predicted molar refractivity (Wildman–Crippen MR) is 95.2 cm³/mol. The van der Waals surface area contributed by atoms with Crippen molar-refractivity contribution in [2.24, 2.45) is 0 Å². The van der Waals surface area contributed by atoms with Crippen LogP contribution in [0.4, 0.5) is 18.9 Å². The lowest BCUT2D eigenvalue weighted by Gasteiger charge is -2.16. The van der Waals surface area contributed by atoms with Gasteiger partial charge >= 0.3 is 6.18 Å². The monoisotopic (exact) mass is 390 g/mol. The predicted octanol–water partition coefficient (Wildman–Crippen LogP) is 4.97. The Morgan fingerprint density at radius 2 is 1.96 bits per heavy atom. The highest BCUT2D eigenvalue weighted by molar-refractivity contribution is 7.16. The van der Waals surface area contributed by atoms with Gasteiger partial charge in [-0.3, -0.25) is 4.79 Å². The minimum Gasteiger partial charge on any atom is -0.325 e. The van der Waals surface area contributed by atoms with Gasteiger partial charge in [-0.05, 0) is 37.6 Å². The summed E-state index contributed by atoms with van der Waals surface area (Å²) in [7, 11) is 0. The maximum atomic E-state index is 12.9. The van der Waals surface area contributed by atoms with Gasteiger partial charge in [-0.25, -0.2) is 0 Å². The first kappa shape index (κ1) is 19.8. The van der Waals surface area contributed by atoms with E-state index in [1.807, 2.05) is 19.1 Å². The van der Waals surface area contributed by atoms with E-state index >= 15 is 0 Å². The zero-order chi connectivity index (χ0) is 18.4. The first-order valence-electron chi connectivity index (χ1n) is 7.69. The van der Waals surface area contributed by atoms with Gasteiger partial charge in [0.05, 0.1) is 15.6 Å². The van der Waals surface area contributed by atoms with E-state index < -0.39 is 17.6 Å². The maximum Gasteiger partial charge on any atom is 0.418 e. The third kappa shape index (κ3) is 6.34. The number of nitrogens with one attached hydrogen (secondary N) is 2. The van der Waals surface area contributed by atoms with Crippen molar-refractivity contribution in [1.82, 2.24) is 5.32 Å². The van der Waals surface area contributed by atoms with E-state index in [4.69, 9.17) is 11.6 Å². The molecule has 0 fully saturated rings. The van der Waals surface area contributed by atoms with Gasteiger partial charge in [0.15, 0.2) is 0 Å². The number of hydrogen-bond acceptors (Lipinski definition) is 3. The summed E-state index contributed by atoms with van der Waals surface area (Å²) in [6, 6.07) is 8.56. The van der Waals surface area contributed by atoms with Crippen LogP contribution in [0.1, 0.15) is 23.8 Å². The Bertz CT molecular complexity index is 718. The van der Waals surface area contributed by atoms with Gasteiger partial charge in [-0.2, -0.15) is 13.2 Å². The second-order valence-corrected chi connectivity index (χ2v) is 7.41. The van der Waals surface area contributed by atoms with E-state index in [9.17, 15) is 18.0 Å². The van der Waals surface area contributed by atoms with Crippen LogP contribution in [0.15, 0.2) is 36.4 Å². The van der Waals surface area contributed by atoms with Crippen molar-refractivity contribution < 1.29 is 18.0 Å². The van der Waals surface area contributed by atoms with Crippen LogP contribution in [0.5, 0.6) is 0 Å². The molecule has 1 heterocycles. The van der Waals surface area contributed by atoms with Crippen LogP contribution in [0.2, 0.25) is 4.34 Å². The largest absolute Gasteiger partial charge is 0.418 e. The molecule has 1 aromatic heterocycles. The summed E-state index contributed by atoms with van der Waals surface area (Å²) < 4.78 is 39.5. The van der Waals surface area contributed by atoms with Crippen LogP contribution < -0.4 is 10.6 Å². The molecule has 2 rings (SSSR count). The van der Waals surface area contributed by atoms with E-state index in [-0.39, 0.29) is 18.2 Å². The molecule has 2 aromatic rings. The highest BCUT2D eigenvalue weighted by Crippen LogP contribution is 2.34. The van der Waals surface area contributed by atoms with Gasteiger partial charge < -0.3 is 10.6 Å². The van der Waals surface area contributed by atoms with E-state index in [2.05, 4.69) is 10.6 Å². The number of benzene rings is 1. The second kappa shape index (κ2) is 8.69. The number of rotatable bonds is 7. The quantitative estimate of drug-likeness (QED) is 0.700. The van der Waals surface area contributed by atoms with Crippen LogP contribution in [-0.4, -0.2) is 18.5 Å². The third-order valence-electron chi connectivity index (χ3n) is 3.49. The molecule has 0 aliphatic carbocycles. The summed E-state index contributed by atoms with van der Waals surface area (Å²) in [6.45, 7) is 2.47. The minimum atomic E-state index is -4.50. The topological polar surface area (TPSA) is 41.1 Å². The van der Waals surface area contributed by atoms with Crippen molar-refractivity contribution in [2.45, 2.75) is 32.0 Å². The number of anilines is 1. The summed E-state index contributed by atoms with van der Waals surface area (Å²) >= 11 is 7.36. The number of carbonyl (C=O) groups excluding carboxylic acids is 1. The average molecular weight is 391 g/mol. The van der Waals surface area contributed by atoms with Gasteiger partial charge in [0.2, 0.25) is 5.91 Å². The normalized spacial score (nSPS) is 12.8. The van der Waals surface area contributed by atoms with Gasteiger partial charge in [-0.1, -0.05) is 23.7 Å². The molecule has 0 saturated carbocycles. The number of alkyl halides is 3. The fourth-order valence-electron chi connectivity index (χ4n) is 2.32. The molecular weight excluding hydrogens is 373 g/mol. The molecular formula is C17H18ClF3N2OS.